The molecule has 0 amide bonds. The van der Waals surface area contributed by atoms with Crippen LogP contribution in [-0.4, -0.2) is 70.7 Å². The molecule has 38 heavy (non-hydrogen) atoms. The molecule has 4 rings (SSSR count). The van der Waals surface area contributed by atoms with Crippen LogP contribution < -0.4 is 14.8 Å². The van der Waals surface area contributed by atoms with Crippen molar-refractivity contribution < 1.29 is 40.4 Å². The number of hydrogen-bond donors (Lipinski definition) is 3. The Balaban J connectivity index is 1.45. The van der Waals surface area contributed by atoms with Crippen LogP contribution in [0, 0.1) is 0 Å². The van der Waals surface area contributed by atoms with E-state index in [0.717, 1.165) is 0 Å². The quantitative estimate of drug-likeness (QED) is 0.314. The molecule has 2 heterocycles. The van der Waals surface area contributed by atoms with Crippen LogP contribution in [0.5, 0.6) is 5.75 Å². The molecule has 1 fully saturated rings. The molecule has 1 saturated carbocycles. The van der Waals surface area contributed by atoms with E-state index in [0.29, 0.717) is 5.56 Å². The number of halogens is 3. The van der Waals surface area contributed by atoms with Gasteiger partial charge in [0.05, 0.1) is 18.2 Å². The molecule has 1 aromatic carbocycles. The number of rotatable bonds is 10. The third kappa shape index (κ3) is 7.03. The fourth-order valence-corrected chi connectivity index (χ4v) is 4.58. The van der Waals surface area contributed by atoms with E-state index in [1.54, 1.807) is 6.07 Å². The highest BCUT2D eigenvalue weighted by molar-refractivity contribution is 7.84. The number of aromatic nitrogens is 4. The van der Waals surface area contributed by atoms with E-state index in [9.17, 15) is 31.5 Å². The van der Waals surface area contributed by atoms with Gasteiger partial charge in [0.25, 0.3) is 0 Å². The lowest BCUT2D eigenvalue weighted by Crippen LogP contribution is -2.31. The first kappa shape index (κ1) is 27.4. The van der Waals surface area contributed by atoms with Crippen LogP contribution in [0.4, 0.5) is 19.0 Å². The minimum absolute atomic E-state index is 0.0401. The number of aliphatic hydroxyl groups excluding tert-OH is 1. The number of ketones is 1. The summed E-state index contributed by atoms with van der Waals surface area (Å²) in [6, 6.07) is 6.39. The molecule has 0 unspecified atom stereocenters. The predicted octanol–water partition coefficient (Wildman–Crippen LogP) is 1.64. The second-order valence-corrected chi connectivity index (χ2v) is 9.89. The number of ether oxygens (including phenoxy) is 1. The summed E-state index contributed by atoms with van der Waals surface area (Å²) in [4.78, 5) is 21.2. The van der Waals surface area contributed by atoms with Crippen LogP contribution in [0.25, 0.3) is 0 Å². The number of carbonyl (C=O) groups is 1. The summed E-state index contributed by atoms with van der Waals surface area (Å²) in [6.07, 6.45) is -2.58. The zero-order chi connectivity index (χ0) is 27.5. The Morgan fingerprint density at radius 1 is 1.26 bits per heavy atom. The van der Waals surface area contributed by atoms with Gasteiger partial charge in [0.1, 0.15) is 29.7 Å². The normalized spacial score (nSPS) is 19.9. The molecule has 0 saturated heterocycles. The van der Waals surface area contributed by atoms with Gasteiger partial charge in [-0.3, -0.25) is 13.7 Å². The summed E-state index contributed by atoms with van der Waals surface area (Å²) in [7, 11) is -2.82. The molecule has 3 N–H and O–H groups in total. The first-order chi connectivity index (χ1) is 17.9. The lowest BCUT2D eigenvalue weighted by atomic mass is 10.1. The monoisotopic (exact) mass is 556 g/mol. The highest BCUT2D eigenvalue weighted by Gasteiger charge is 2.37. The van der Waals surface area contributed by atoms with Crippen LogP contribution in [0.2, 0.25) is 0 Å². The van der Waals surface area contributed by atoms with Crippen molar-refractivity contribution in [1.29, 1.82) is 0 Å². The van der Waals surface area contributed by atoms with E-state index in [1.807, 2.05) is 4.72 Å². The summed E-state index contributed by atoms with van der Waals surface area (Å²) < 4.78 is 73.1. The largest absolute Gasteiger partial charge is 0.573 e. The van der Waals surface area contributed by atoms with Crippen molar-refractivity contribution in [3.8, 4) is 5.75 Å². The summed E-state index contributed by atoms with van der Waals surface area (Å²) in [5.41, 5.74) is 0.592. The smallest absolute Gasteiger partial charge is 0.406 e. The lowest BCUT2D eigenvalue weighted by molar-refractivity contribution is -0.274. The molecule has 0 spiro atoms. The SMILES string of the molecule is CNS(=O)(=O)O[C@@H]1C[C@H](Nc2ncncc2C(=O)c2ccn(Cc3cccc(OC(F)(F)F)c3)n2)C[C@@H]1O. The van der Waals surface area contributed by atoms with Crippen LogP contribution in [0.1, 0.15) is 34.5 Å². The maximum Gasteiger partial charge on any atom is 0.573 e. The van der Waals surface area contributed by atoms with E-state index in [1.165, 1.54) is 54.7 Å². The lowest BCUT2D eigenvalue weighted by Gasteiger charge is -2.15. The molecule has 12 nitrogen and oxygen atoms in total. The maximum absolute atomic E-state index is 13.2. The Bertz CT molecular complexity index is 1400. The number of anilines is 1. The fourth-order valence-electron chi connectivity index (χ4n) is 3.95. The van der Waals surface area contributed by atoms with Crippen molar-refractivity contribution in [3.63, 3.8) is 0 Å². The van der Waals surface area contributed by atoms with Crippen molar-refractivity contribution in [2.45, 2.75) is 44.0 Å². The molecule has 1 aliphatic carbocycles. The zero-order valence-corrected chi connectivity index (χ0v) is 20.6. The number of nitrogens with zero attached hydrogens (tertiary/aromatic N) is 4. The standard InChI is InChI=1S/C22H23F3N6O6S/c1-26-38(34,35)37-19-9-14(8-18(19)32)29-21-16(10-27-12-28-21)20(33)17-5-6-31(30-17)11-13-3-2-4-15(7-13)36-22(23,24)25/h2-7,10,12,14,18-19,26,32H,8-9,11H2,1H3,(H,27,28,29)/t14-,18+,19-/m1/s1. The molecule has 2 aromatic heterocycles. The molecule has 3 atom stereocenters. The molecule has 204 valence electrons. The van der Waals surface area contributed by atoms with Gasteiger partial charge in [-0.25, -0.2) is 9.97 Å². The van der Waals surface area contributed by atoms with Crippen LogP contribution >= 0.6 is 0 Å². The molecule has 1 aliphatic rings. The molecule has 0 bridgehead atoms. The maximum atomic E-state index is 13.2. The Kier molecular flexibility index (Phi) is 7.96. The second-order valence-electron chi connectivity index (χ2n) is 8.38. The van der Waals surface area contributed by atoms with Gasteiger partial charge in [-0.05, 0) is 36.6 Å². The topological polar surface area (TPSA) is 158 Å². The van der Waals surface area contributed by atoms with E-state index in [2.05, 4.69) is 25.1 Å². The van der Waals surface area contributed by atoms with Crippen LogP contribution in [-0.2, 0) is 21.0 Å². The molecule has 0 aliphatic heterocycles. The second kappa shape index (κ2) is 11.0. The fraction of sp³-hybridized carbons (Fsp3) is 0.364. The minimum atomic E-state index is -4.82. The first-order valence-electron chi connectivity index (χ1n) is 11.2. The van der Waals surface area contributed by atoms with Gasteiger partial charge in [-0.1, -0.05) is 12.1 Å². The van der Waals surface area contributed by atoms with E-state index < -0.39 is 40.7 Å². The van der Waals surface area contributed by atoms with Crippen LogP contribution in [0.15, 0.2) is 49.1 Å². The zero-order valence-electron chi connectivity index (χ0n) is 19.8. The van der Waals surface area contributed by atoms with Gasteiger partial charge in [0.15, 0.2) is 0 Å². The van der Waals surface area contributed by atoms with E-state index >= 15 is 0 Å². The van der Waals surface area contributed by atoms with Gasteiger partial charge in [0.2, 0.25) is 5.78 Å². The van der Waals surface area contributed by atoms with Gasteiger partial charge in [0, 0.05) is 25.5 Å². The summed E-state index contributed by atoms with van der Waals surface area (Å²) in [5.74, 6) is -0.736. The summed E-state index contributed by atoms with van der Waals surface area (Å²) in [6.45, 7) is 0.0790. The Labute approximate surface area is 215 Å². The van der Waals surface area contributed by atoms with E-state index in [-0.39, 0.29) is 42.2 Å². The molecule has 16 heteroatoms. The number of nitrogens with one attached hydrogen (secondary N) is 2. The van der Waals surface area contributed by atoms with Gasteiger partial charge in [-0.2, -0.15) is 18.2 Å². The number of alkyl halides is 3. The van der Waals surface area contributed by atoms with Crippen molar-refractivity contribution in [3.05, 3.63) is 65.9 Å². The van der Waals surface area contributed by atoms with Crippen LogP contribution in [0.3, 0.4) is 0 Å². The van der Waals surface area contributed by atoms with Gasteiger partial charge in [-0.15, -0.1) is 13.2 Å². The van der Waals surface area contributed by atoms with E-state index in [4.69, 9.17) is 4.18 Å². The minimum Gasteiger partial charge on any atom is -0.406 e. The third-order valence-electron chi connectivity index (χ3n) is 5.62. The number of benzene rings is 1. The summed E-state index contributed by atoms with van der Waals surface area (Å²) >= 11 is 0. The van der Waals surface area contributed by atoms with Crippen molar-refractivity contribution in [2.75, 3.05) is 12.4 Å². The van der Waals surface area contributed by atoms with Crippen molar-refractivity contribution >= 4 is 21.9 Å². The first-order valence-corrected chi connectivity index (χ1v) is 12.6. The molecular formula is C22H23F3N6O6S. The molecular weight excluding hydrogens is 533 g/mol. The average Bonchev–Trinajstić information content (AvgIpc) is 3.44. The van der Waals surface area contributed by atoms with Gasteiger partial charge >= 0.3 is 16.7 Å². The highest BCUT2D eigenvalue weighted by Crippen LogP contribution is 2.28. The Hall–Kier alpha value is -3.60. The third-order valence-corrected chi connectivity index (χ3v) is 6.62. The number of carbonyl (C=O) groups excluding carboxylic acids is 1. The average molecular weight is 557 g/mol. The van der Waals surface area contributed by atoms with Crippen molar-refractivity contribution in [1.82, 2.24) is 24.5 Å². The van der Waals surface area contributed by atoms with Crippen molar-refractivity contribution in [2.24, 2.45) is 0 Å². The molecule has 0 radical (unpaired) electrons. The number of hydrogen-bond acceptors (Lipinski definition) is 10. The number of aliphatic hydroxyl groups is 1. The Morgan fingerprint density at radius 2 is 2.05 bits per heavy atom. The predicted molar refractivity (Wildman–Crippen MR) is 125 cm³/mol. The highest BCUT2D eigenvalue weighted by atomic mass is 32.2. The summed E-state index contributed by atoms with van der Waals surface area (Å²) in [5, 5.41) is 17.5. The van der Waals surface area contributed by atoms with Gasteiger partial charge < -0.3 is 15.2 Å². The molecule has 3 aromatic rings. The Morgan fingerprint density at radius 3 is 2.79 bits per heavy atom.